The van der Waals surface area contributed by atoms with Crippen molar-refractivity contribution in [2.45, 2.75) is 95.0 Å². The second kappa shape index (κ2) is 17.0. The number of benzene rings is 2. The highest BCUT2D eigenvalue weighted by Gasteiger charge is 2.61. The van der Waals surface area contributed by atoms with Crippen LogP contribution in [0.4, 0.5) is 4.79 Å². The first kappa shape index (κ1) is 41.2. The Morgan fingerprint density at radius 1 is 1.02 bits per heavy atom. The number of tetrazole rings is 1. The van der Waals surface area contributed by atoms with Gasteiger partial charge >= 0.3 is 16.3 Å². The first-order valence-electron chi connectivity index (χ1n) is 19.2. The highest BCUT2D eigenvalue weighted by Crippen LogP contribution is 2.46. The van der Waals surface area contributed by atoms with Crippen LogP contribution in [0.15, 0.2) is 66.7 Å². The Balaban J connectivity index is 1.32. The Labute approximate surface area is 333 Å². The molecule has 0 spiro atoms. The third-order valence-corrected chi connectivity index (χ3v) is 11.7. The molecular weight excluding hydrogens is 751 g/mol. The Morgan fingerprint density at radius 2 is 1.75 bits per heavy atom. The lowest BCUT2D eigenvalue weighted by molar-refractivity contribution is -0.141. The summed E-state index contributed by atoms with van der Waals surface area (Å²) >= 11 is 0. The molecular formula is C40H51N9O7S. The van der Waals surface area contributed by atoms with Crippen LogP contribution in [-0.2, 0) is 29.3 Å². The molecule has 5 atom stereocenters. The standard InChI is InChI=1S/C40H51N9O7S/c1-39(2,3)56-38(53)41-32-21-13-8-6-7-12-19-29-25-40(29,37(52)45-57(54,55)47(4)5)42-35(50)33-24-30(26-48(33)36(32)51)49-44-34(43-46-49)31-20-15-14-18-28(31)23-22-27-16-10-9-11-17-27/h9-12,14-20,22-23,29-30,32-33H,6-8,13,21,24-26H2,1-5H3,(H,41,53)(H,42,50)(H,45,52)/b19-12-,23-22+/t29-,30-,32-,33+,40+/m1/s1. The number of carbonyl (C=O) groups excluding carboxylic acids is 4. The van der Waals surface area contributed by atoms with E-state index < -0.39 is 69.2 Å². The molecule has 0 radical (unpaired) electrons. The minimum Gasteiger partial charge on any atom is -0.444 e. The minimum absolute atomic E-state index is 0.00763. The van der Waals surface area contributed by atoms with Crippen LogP contribution in [0.2, 0.25) is 0 Å². The first-order chi connectivity index (χ1) is 27.1. The molecule has 3 N–H and O–H groups in total. The molecule has 57 heavy (non-hydrogen) atoms. The smallest absolute Gasteiger partial charge is 0.408 e. The van der Waals surface area contributed by atoms with Crippen molar-refractivity contribution in [3.63, 3.8) is 0 Å². The molecule has 3 aromatic rings. The van der Waals surface area contributed by atoms with E-state index in [1.54, 1.807) is 20.8 Å². The maximum atomic E-state index is 14.5. The van der Waals surface area contributed by atoms with Crippen molar-refractivity contribution < 1.29 is 32.3 Å². The van der Waals surface area contributed by atoms with E-state index in [-0.39, 0.29) is 19.4 Å². The van der Waals surface area contributed by atoms with E-state index in [1.807, 2.05) is 78.9 Å². The molecule has 17 heteroatoms. The predicted molar refractivity (Wildman–Crippen MR) is 213 cm³/mol. The van der Waals surface area contributed by atoms with E-state index in [0.717, 1.165) is 33.8 Å². The number of aromatic nitrogens is 4. The Morgan fingerprint density at radius 3 is 2.49 bits per heavy atom. The van der Waals surface area contributed by atoms with Crippen LogP contribution in [0.25, 0.3) is 23.5 Å². The van der Waals surface area contributed by atoms with E-state index >= 15 is 0 Å². The van der Waals surface area contributed by atoms with Crippen molar-refractivity contribution >= 4 is 46.2 Å². The van der Waals surface area contributed by atoms with Gasteiger partial charge in [-0.15, -0.1) is 10.2 Å². The summed E-state index contributed by atoms with van der Waals surface area (Å²) in [5, 5.41) is 19.0. The van der Waals surface area contributed by atoms with Gasteiger partial charge in [-0.25, -0.2) is 9.52 Å². The summed E-state index contributed by atoms with van der Waals surface area (Å²) < 4.78 is 33.9. The van der Waals surface area contributed by atoms with Gasteiger partial charge in [-0.05, 0) is 62.8 Å². The number of nitrogens with one attached hydrogen (secondary N) is 3. The van der Waals surface area contributed by atoms with Crippen molar-refractivity contribution in [3.8, 4) is 11.4 Å². The molecule has 3 heterocycles. The molecule has 1 aromatic heterocycles. The Hall–Kier alpha value is -5.42. The predicted octanol–water partition coefficient (Wildman–Crippen LogP) is 3.86. The normalized spacial score (nSPS) is 25.1. The number of alkyl carbamates (subject to hydrolysis) is 1. The second-order valence-corrected chi connectivity index (χ2v) is 17.8. The molecule has 0 unspecified atom stereocenters. The number of amides is 4. The molecule has 4 amide bonds. The number of carbonyl (C=O) groups is 4. The number of rotatable bonds is 8. The van der Waals surface area contributed by atoms with E-state index in [9.17, 15) is 27.6 Å². The van der Waals surface area contributed by atoms with Gasteiger partial charge in [0, 0.05) is 38.5 Å². The van der Waals surface area contributed by atoms with E-state index in [4.69, 9.17) is 9.84 Å². The van der Waals surface area contributed by atoms with Crippen LogP contribution in [0.1, 0.15) is 82.9 Å². The molecule has 1 aliphatic carbocycles. The topological polar surface area (TPSA) is 198 Å². The minimum atomic E-state index is -4.18. The Bertz CT molecular complexity index is 2130. The van der Waals surface area contributed by atoms with Gasteiger partial charge in [0.2, 0.25) is 17.6 Å². The summed E-state index contributed by atoms with van der Waals surface area (Å²) in [5.74, 6) is -2.15. The van der Waals surface area contributed by atoms with Gasteiger partial charge in [0.05, 0.1) is 6.04 Å². The molecule has 1 saturated carbocycles. The zero-order chi connectivity index (χ0) is 41.0. The summed E-state index contributed by atoms with van der Waals surface area (Å²) in [4.78, 5) is 58.5. The van der Waals surface area contributed by atoms with Crippen LogP contribution in [-0.4, -0.2) is 106 Å². The Kier molecular flexibility index (Phi) is 12.3. The fourth-order valence-corrected chi connectivity index (χ4v) is 7.70. The first-order valence-corrected chi connectivity index (χ1v) is 20.7. The lowest BCUT2D eigenvalue weighted by Crippen LogP contribution is -2.58. The lowest BCUT2D eigenvalue weighted by atomic mass is 10.0. The summed E-state index contributed by atoms with van der Waals surface area (Å²) in [6.07, 6.45) is 10.3. The molecule has 1 saturated heterocycles. The van der Waals surface area contributed by atoms with Crippen LogP contribution >= 0.6 is 0 Å². The average molecular weight is 802 g/mol. The molecule has 2 fully saturated rings. The number of fused-ring (bicyclic) bond motifs is 2. The fourth-order valence-electron chi connectivity index (χ4n) is 7.10. The van der Waals surface area contributed by atoms with Gasteiger partial charge in [0.15, 0.2) is 0 Å². The van der Waals surface area contributed by atoms with Crippen LogP contribution < -0.4 is 15.4 Å². The molecule has 304 valence electrons. The summed E-state index contributed by atoms with van der Waals surface area (Å²) in [6, 6.07) is 14.7. The van der Waals surface area contributed by atoms with Gasteiger partial charge < -0.3 is 20.3 Å². The largest absolute Gasteiger partial charge is 0.444 e. The molecule has 6 rings (SSSR count). The number of ether oxygens (including phenoxy) is 1. The zero-order valence-electron chi connectivity index (χ0n) is 32.9. The maximum absolute atomic E-state index is 14.5. The molecule has 2 aliphatic heterocycles. The molecule has 2 aromatic carbocycles. The van der Waals surface area contributed by atoms with Gasteiger partial charge in [-0.1, -0.05) is 91.7 Å². The summed E-state index contributed by atoms with van der Waals surface area (Å²) in [7, 11) is -1.59. The SMILES string of the molecule is CN(C)S(=O)(=O)NC(=O)[C@]12C[C@H]1/C=C\CCCCC[C@@H](NC(=O)OC(C)(C)C)C(=O)N1C[C@H](n3nnc(-c4ccccc4/C=C/c4ccccc4)n3)C[C@H]1C(=O)N2. The van der Waals surface area contributed by atoms with Crippen LogP contribution in [0.3, 0.4) is 0 Å². The highest BCUT2D eigenvalue weighted by molar-refractivity contribution is 7.87. The lowest BCUT2D eigenvalue weighted by Gasteiger charge is -2.30. The fraction of sp³-hybridized carbons (Fsp3) is 0.475. The van der Waals surface area contributed by atoms with Gasteiger partial charge in [0.1, 0.15) is 23.2 Å². The number of hydrogen-bond acceptors (Lipinski definition) is 10. The average Bonchev–Trinajstić information content (AvgIpc) is 3.45. The van der Waals surface area contributed by atoms with Crippen molar-refractivity contribution in [2.75, 3.05) is 20.6 Å². The quantitative estimate of drug-likeness (QED) is 0.222. The van der Waals surface area contributed by atoms with Gasteiger partial charge in [0.25, 0.3) is 5.91 Å². The summed E-state index contributed by atoms with van der Waals surface area (Å²) in [6.45, 7) is 5.17. The number of hydrogen-bond donors (Lipinski definition) is 3. The van der Waals surface area contributed by atoms with E-state index in [2.05, 4.69) is 25.7 Å². The van der Waals surface area contributed by atoms with E-state index in [0.29, 0.717) is 25.1 Å². The monoisotopic (exact) mass is 801 g/mol. The summed E-state index contributed by atoms with van der Waals surface area (Å²) in [5.41, 5.74) is 0.231. The highest BCUT2D eigenvalue weighted by atomic mass is 32.2. The van der Waals surface area contributed by atoms with Crippen molar-refractivity contribution in [1.82, 2.24) is 44.8 Å². The third kappa shape index (κ3) is 9.94. The van der Waals surface area contributed by atoms with Gasteiger partial charge in [-0.3, -0.25) is 14.4 Å². The van der Waals surface area contributed by atoms with E-state index in [1.165, 1.54) is 23.8 Å². The molecule has 16 nitrogen and oxygen atoms in total. The van der Waals surface area contributed by atoms with Gasteiger partial charge in [-0.2, -0.15) is 17.5 Å². The zero-order valence-corrected chi connectivity index (χ0v) is 33.7. The van der Waals surface area contributed by atoms with Crippen LogP contribution in [0, 0.1) is 5.92 Å². The molecule has 0 bridgehead atoms. The number of nitrogens with zero attached hydrogens (tertiary/aromatic N) is 6. The van der Waals surface area contributed by atoms with Crippen LogP contribution in [0.5, 0.6) is 0 Å². The van der Waals surface area contributed by atoms with Crippen molar-refractivity contribution in [1.29, 1.82) is 0 Å². The van der Waals surface area contributed by atoms with Crippen molar-refractivity contribution in [2.24, 2.45) is 5.92 Å². The molecule has 3 aliphatic rings. The number of allylic oxidation sites excluding steroid dienone is 1. The second-order valence-electron chi connectivity index (χ2n) is 15.9. The maximum Gasteiger partial charge on any atom is 0.408 e. The third-order valence-electron chi connectivity index (χ3n) is 10.3. The van der Waals surface area contributed by atoms with Crippen molar-refractivity contribution in [3.05, 3.63) is 77.9 Å².